The van der Waals surface area contributed by atoms with Gasteiger partial charge in [0.1, 0.15) is 6.10 Å². The van der Waals surface area contributed by atoms with Crippen LogP contribution >= 0.6 is 11.6 Å². The Morgan fingerprint density at radius 3 is 2.53 bits per heavy atom. The maximum atomic E-state index is 11.2. The monoisotopic (exact) mass is 252 g/mol. The highest BCUT2D eigenvalue weighted by Crippen LogP contribution is 2.23. The van der Waals surface area contributed by atoms with Gasteiger partial charge in [-0.15, -0.1) is 0 Å². The zero-order valence-corrected chi connectivity index (χ0v) is 10.1. The van der Waals surface area contributed by atoms with E-state index in [1.165, 1.54) is 0 Å². The average Bonchev–Trinajstić information content (AvgIpc) is 2.70. The van der Waals surface area contributed by atoms with Gasteiger partial charge in [0.05, 0.1) is 5.69 Å². The summed E-state index contributed by atoms with van der Waals surface area (Å²) in [6.45, 7) is 1.91. The number of aromatic amines is 2. The number of aliphatic hydroxyl groups is 1. The topological polar surface area (TPSA) is 68.9 Å². The van der Waals surface area contributed by atoms with Gasteiger partial charge in [0.2, 0.25) is 0 Å². The lowest BCUT2D eigenvalue weighted by atomic mass is 10.0. The van der Waals surface area contributed by atoms with Crippen molar-refractivity contribution >= 4 is 11.6 Å². The van der Waals surface area contributed by atoms with Crippen LogP contribution in [0.25, 0.3) is 0 Å². The number of aryl methyl sites for hydroxylation is 1. The number of rotatable bonds is 3. The van der Waals surface area contributed by atoms with Gasteiger partial charge >= 0.3 is 5.69 Å². The van der Waals surface area contributed by atoms with Gasteiger partial charge in [-0.25, -0.2) is 4.79 Å². The van der Waals surface area contributed by atoms with Crippen molar-refractivity contribution in [2.45, 2.75) is 19.4 Å². The lowest BCUT2D eigenvalue weighted by Gasteiger charge is -2.10. The number of nitrogens with one attached hydrogen (secondary N) is 2. The summed E-state index contributed by atoms with van der Waals surface area (Å²) in [7, 11) is 0. The van der Waals surface area contributed by atoms with Gasteiger partial charge in [-0.2, -0.15) is 0 Å². The molecule has 90 valence electrons. The number of halogens is 1. The van der Waals surface area contributed by atoms with Gasteiger partial charge in [-0.3, -0.25) is 0 Å². The Kier molecular flexibility index (Phi) is 3.36. The molecule has 1 aromatic carbocycles. The van der Waals surface area contributed by atoms with Crippen LogP contribution in [-0.4, -0.2) is 15.1 Å². The van der Waals surface area contributed by atoms with E-state index < -0.39 is 6.10 Å². The quantitative estimate of drug-likeness (QED) is 0.782. The van der Waals surface area contributed by atoms with Crippen LogP contribution in [0, 0.1) is 0 Å². The zero-order valence-electron chi connectivity index (χ0n) is 9.33. The molecular formula is C12H13ClN2O2. The summed E-state index contributed by atoms with van der Waals surface area (Å²) in [6.07, 6.45) is -0.195. The predicted octanol–water partition coefficient (Wildman–Crippen LogP) is 2.00. The van der Waals surface area contributed by atoms with Crippen LogP contribution in [-0.2, 0) is 6.42 Å². The van der Waals surface area contributed by atoms with Gasteiger partial charge in [-0.05, 0) is 24.1 Å². The van der Waals surface area contributed by atoms with Gasteiger partial charge in [0.15, 0.2) is 0 Å². The molecule has 1 unspecified atom stereocenters. The SMILES string of the molecule is CCc1[nH]c(=O)[nH]c1C(O)c1ccc(Cl)cc1. The van der Waals surface area contributed by atoms with Crippen LogP contribution in [0.1, 0.15) is 30.0 Å². The van der Waals surface area contributed by atoms with E-state index in [1.807, 2.05) is 6.92 Å². The van der Waals surface area contributed by atoms with E-state index in [9.17, 15) is 9.90 Å². The molecule has 0 saturated heterocycles. The summed E-state index contributed by atoms with van der Waals surface area (Å²) >= 11 is 5.78. The number of hydrogen-bond donors (Lipinski definition) is 3. The molecule has 0 spiro atoms. The Hall–Kier alpha value is -1.52. The minimum absolute atomic E-state index is 0.301. The van der Waals surface area contributed by atoms with Gasteiger partial charge in [0, 0.05) is 10.7 Å². The maximum absolute atomic E-state index is 11.2. The van der Waals surface area contributed by atoms with E-state index in [-0.39, 0.29) is 5.69 Å². The van der Waals surface area contributed by atoms with Crippen LogP contribution in [0.4, 0.5) is 0 Å². The number of H-pyrrole nitrogens is 2. The summed E-state index contributed by atoms with van der Waals surface area (Å²) in [5.74, 6) is 0. The molecule has 0 saturated carbocycles. The first-order valence-corrected chi connectivity index (χ1v) is 5.74. The molecule has 4 nitrogen and oxygen atoms in total. The largest absolute Gasteiger partial charge is 0.382 e. The summed E-state index contributed by atoms with van der Waals surface area (Å²) in [5, 5.41) is 10.8. The molecule has 0 radical (unpaired) electrons. The van der Waals surface area contributed by atoms with Gasteiger partial charge in [-0.1, -0.05) is 30.7 Å². The average molecular weight is 253 g/mol. The molecule has 0 aliphatic heterocycles. The molecule has 0 bridgehead atoms. The molecule has 1 atom stereocenters. The summed E-state index contributed by atoms with van der Waals surface area (Å²) < 4.78 is 0. The molecule has 1 heterocycles. The minimum Gasteiger partial charge on any atom is -0.382 e. The van der Waals surface area contributed by atoms with Gasteiger partial charge in [0.25, 0.3) is 0 Å². The van der Waals surface area contributed by atoms with E-state index in [1.54, 1.807) is 24.3 Å². The van der Waals surface area contributed by atoms with Crippen LogP contribution in [0.2, 0.25) is 5.02 Å². The van der Waals surface area contributed by atoms with Crippen LogP contribution in [0.3, 0.4) is 0 Å². The van der Waals surface area contributed by atoms with Crippen molar-refractivity contribution in [3.05, 3.63) is 56.7 Å². The second kappa shape index (κ2) is 4.77. The van der Waals surface area contributed by atoms with Crippen molar-refractivity contribution in [2.24, 2.45) is 0 Å². The number of hydrogen-bond acceptors (Lipinski definition) is 2. The highest BCUT2D eigenvalue weighted by atomic mass is 35.5. The van der Waals surface area contributed by atoms with Crippen molar-refractivity contribution in [1.82, 2.24) is 9.97 Å². The molecule has 17 heavy (non-hydrogen) atoms. The van der Waals surface area contributed by atoms with Crippen molar-refractivity contribution in [3.63, 3.8) is 0 Å². The highest BCUT2D eigenvalue weighted by Gasteiger charge is 2.16. The summed E-state index contributed by atoms with van der Waals surface area (Å²) in [5.41, 5.74) is 1.63. The first-order chi connectivity index (χ1) is 8.11. The van der Waals surface area contributed by atoms with E-state index in [2.05, 4.69) is 9.97 Å². The lowest BCUT2D eigenvalue weighted by molar-refractivity contribution is 0.214. The number of imidazole rings is 1. The fourth-order valence-corrected chi connectivity index (χ4v) is 1.88. The minimum atomic E-state index is -0.846. The van der Waals surface area contributed by atoms with Crippen LogP contribution in [0.5, 0.6) is 0 Å². The fourth-order valence-electron chi connectivity index (χ4n) is 1.76. The van der Waals surface area contributed by atoms with Crippen molar-refractivity contribution in [1.29, 1.82) is 0 Å². The fraction of sp³-hybridized carbons (Fsp3) is 0.250. The zero-order chi connectivity index (χ0) is 12.4. The Labute approximate surface area is 103 Å². The standard InChI is InChI=1S/C12H13ClN2O2/c1-2-9-10(15-12(17)14-9)11(16)7-3-5-8(13)6-4-7/h3-6,11,16H,2H2,1H3,(H2,14,15,17). The van der Waals surface area contributed by atoms with Crippen LogP contribution < -0.4 is 5.69 Å². The number of aromatic nitrogens is 2. The van der Waals surface area contributed by atoms with E-state index in [0.29, 0.717) is 22.7 Å². The molecule has 0 amide bonds. The van der Waals surface area contributed by atoms with Crippen molar-refractivity contribution < 1.29 is 5.11 Å². The predicted molar refractivity (Wildman–Crippen MR) is 66.3 cm³/mol. The lowest BCUT2D eigenvalue weighted by Crippen LogP contribution is -2.05. The second-order valence-electron chi connectivity index (χ2n) is 3.78. The molecule has 2 rings (SSSR count). The number of aliphatic hydroxyl groups excluding tert-OH is 1. The molecule has 0 fully saturated rings. The van der Waals surface area contributed by atoms with E-state index >= 15 is 0 Å². The highest BCUT2D eigenvalue weighted by molar-refractivity contribution is 6.30. The molecule has 5 heteroatoms. The molecule has 0 aliphatic carbocycles. The van der Waals surface area contributed by atoms with E-state index in [4.69, 9.17) is 11.6 Å². The molecule has 3 N–H and O–H groups in total. The Bertz CT molecular complexity index is 557. The molecule has 0 aliphatic rings. The summed E-state index contributed by atoms with van der Waals surface area (Å²) in [4.78, 5) is 16.5. The Balaban J connectivity index is 2.39. The van der Waals surface area contributed by atoms with Gasteiger partial charge < -0.3 is 15.1 Å². The first kappa shape index (κ1) is 12.0. The molecule has 1 aromatic heterocycles. The van der Waals surface area contributed by atoms with Crippen molar-refractivity contribution in [2.75, 3.05) is 0 Å². The van der Waals surface area contributed by atoms with Crippen LogP contribution in [0.15, 0.2) is 29.1 Å². The summed E-state index contributed by atoms with van der Waals surface area (Å²) in [6, 6.07) is 6.88. The second-order valence-corrected chi connectivity index (χ2v) is 4.22. The molecular weight excluding hydrogens is 240 g/mol. The smallest absolute Gasteiger partial charge is 0.323 e. The normalized spacial score (nSPS) is 12.6. The first-order valence-electron chi connectivity index (χ1n) is 5.36. The van der Waals surface area contributed by atoms with Crippen molar-refractivity contribution in [3.8, 4) is 0 Å². The number of benzene rings is 1. The third-order valence-corrected chi connectivity index (χ3v) is 2.90. The molecule has 2 aromatic rings. The Morgan fingerprint density at radius 2 is 1.94 bits per heavy atom. The Morgan fingerprint density at radius 1 is 1.29 bits per heavy atom. The maximum Gasteiger partial charge on any atom is 0.323 e. The third kappa shape index (κ3) is 2.43. The third-order valence-electron chi connectivity index (χ3n) is 2.65. The van der Waals surface area contributed by atoms with E-state index in [0.717, 1.165) is 5.69 Å².